The molecule has 0 saturated carbocycles. The molecule has 1 aliphatic heterocycles. The summed E-state index contributed by atoms with van der Waals surface area (Å²) in [5, 5.41) is 5.85. The molecule has 0 aliphatic carbocycles. The largest absolute Gasteiger partial charge is 0.326 e. The minimum absolute atomic E-state index is 0.00769. The van der Waals surface area contributed by atoms with Gasteiger partial charge in [-0.1, -0.05) is 60.7 Å². The molecule has 4 nitrogen and oxygen atoms in total. The van der Waals surface area contributed by atoms with E-state index in [-0.39, 0.29) is 23.7 Å². The Labute approximate surface area is 164 Å². The van der Waals surface area contributed by atoms with Crippen molar-refractivity contribution in [3.05, 3.63) is 95.6 Å². The SMILES string of the molecule is CC1C(=O)Nc2ccc(NC(=O)CC(c3ccccc3)c3ccccc3)cc21. The molecular formula is C24H22N2O2. The Hall–Kier alpha value is -3.40. The van der Waals surface area contributed by atoms with Crippen LogP contribution in [0.15, 0.2) is 78.9 Å². The molecule has 1 aliphatic rings. The van der Waals surface area contributed by atoms with Crippen LogP contribution in [-0.2, 0) is 9.59 Å². The number of amides is 2. The molecule has 3 aromatic rings. The summed E-state index contributed by atoms with van der Waals surface area (Å²) in [6.07, 6.45) is 0.345. The second-order valence-corrected chi connectivity index (χ2v) is 7.14. The molecule has 4 heteroatoms. The van der Waals surface area contributed by atoms with E-state index in [0.29, 0.717) is 12.1 Å². The highest BCUT2D eigenvalue weighted by molar-refractivity contribution is 6.03. The zero-order valence-electron chi connectivity index (χ0n) is 15.7. The maximum Gasteiger partial charge on any atom is 0.231 e. The van der Waals surface area contributed by atoms with Crippen LogP contribution in [0.3, 0.4) is 0 Å². The summed E-state index contributed by atoms with van der Waals surface area (Å²) in [7, 11) is 0. The molecule has 1 unspecified atom stereocenters. The average molecular weight is 370 g/mol. The molecule has 1 heterocycles. The molecule has 2 N–H and O–H groups in total. The second kappa shape index (κ2) is 7.69. The molecule has 0 spiro atoms. The Balaban J connectivity index is 1.54. The van der Waals surface area contributed by atoms with Gasteiger partial charge in [0.2, 0.25) is 11.8 Å². The van der Waals surface area contributed by atoms with Gasteiger partial charge in [-0.2, -0.15) is 0 Å². The van der Waals surface area contributed by atoms with E-state index in [4.69, 9.17) is 0 Å². The standard InChI is InChI=1S/C24H22N2O2/c1-16-20-14-19(12-13-22(20)26-24(16)28)25-23(27)15-21(17-8-4-2-5-9-17)18-10-6-3-7-11-18/h2-14,16,21H,15H2,1H3,(H,25,27)(H,26,28). The first-order chi connectivity index (χ1) is 13.6. The van der Waals surface area contributed by atoms with Gasteiger partial charge in [0.05, 0.1) is 5.92 Å². The molecule has 0 aromatic heterocycles. The number of hydrogen-bond acceptors (Lipinski definition) is 2. The highest BCUT2D eigenvalue weighted by Crippen LogP contribution is 2.34. The van der Waals surface area contributed by atoms with Crippen LogP contribution in [0.4, 0.5) is 11.4 Å². The summed E-state index contributed by atoms with van der Waals surface area (Å²) in [6.45, 7) is 1.87. The maximum atomic E-state index is 12.8. The number of carbonyl (C=O) groups excluding carboxylic acids is 2. The summed E-state index contributed by atoms with van der Waals surface area (Å²) in [4.78, 5) is 24.6. The molecule has 2 amide bonds. The Morgan fingerprint density at radius 2 is 1.57 bits per heavy atom. The van der Waals surface area contributed by atoms with Gasteiger partial charge in [0, 0.05) is 23.7 Å². The fraction of sp³-hybridized carbons (Fsp3) is 0.167. The van der Waals surface area contributed by atoms with Crippen molar-refractivity contribution in [3.63, 3.8) is 0 Å². The zero-order chi connectivity index (χ0) is 19.5. The van der Waals surface area contributed by atoms with Crippen LogP contribution in [-0.4, -0.2) is 11.8 Å². The van der Waals surface area contributed by atoms with Gasteiger partial charge in [-0.3, -0.25) is 9.59 Å². The van der Waals surface area contributed by atoms with Crippen LogP contribution in [0, 0.1) is 0 Å². The smallest absolute Gasteiger partial charge is 0.231 e. The third-order valence-electron chi connectivity index (χ3n) is 5.25. The monoisotopic (exact) mass is 370 g/mol. The summed E-state index contributed by atoms with van der Waals surface area (Å²) >= 11 is 0. The predicted octanol–water partition coefficient (Wildman–Crippen LogP) is 4.90. The van der Waals surface area contributed by atoms with E-state index < -0.39 is 0 Å². The molecule has 0 saturated heterocycles. The van der Waals surface area contributed by atoms with E-state index in [0.717, 1.165) is 22.4 Å². The number of benzene rings is 3. The summed E-state index contributed by atoms with van der Waals surface area (Å²) in [5.41, 5.74) is 4.68. The van der Waals surface area contributed by atoms with Crippen LogP contribution < -0.4 is 10.6 Å². The van der Waals surface area contributed by atoms with Crippen LogP contribution in [0.25, 0.3) is 0 Å². The predicted molar refractivity (Wildman–Crippen MR) is 111 cm³/mol. The molecule has 3 aromatic carbocycles. The van der Waals surface area contributed by atoms with Crippen LogP contribution in [0.2, 0.25) is 0 Å². The number of rotatable bonds is 5. The summed E-state index contributed by atoms with van der Waals surface area (Å²) in [6, 6.07) is 25.7. The van der Waals surface area contributed by atoms with Gasteiger partial charge < -0.3 is 10.6 Å². The van der Waals surface area contributed by atoms with E-state index in [1.165, 1.54) is 0 Å². The van der Waals surface area contributed by atoms with Crippen LogP contribution >= 0.6 is 0 Å². The number of fused-ring (bicyclic) bond motifs is 1. The minimum Gasteiger partial charge on any atom is -0.326 e. The van der Waals surface area contributed by atoms with Crippen molar-refractivity contribution in [3.8, 4) is 0 Å². The molecular weight excluding hydrogens is 348 g/mol. The lowest BCUT2D eigenvalue weighted by Crippen LogP contribution is -2.16. The van der Waals surface area contributed by atoms with Gasteiger partial charge in [-0.25, -0.2) is 0 Å². The Morgan fingerprint density at radius 1 is 0.964 bits per heavy atom. The molecule has 0 fully saturated rings. The Bertz CT molecular complexity index is 960. The van der Waals surface area contributed by atoms with Crippen molar-refractivity contribution < 1.29 is 9.59 Å². The molecule has 1 atom stereocenters. The zero-order valence-corrected chi connectivity index (χ0v) is 15.7. The number of anilines is 2. The molecule has 0 radical (unpaired) electrons. The van der Waals surface area contributed by atoms with Gasteiger partial charge in [0.25, 0.3) is 0 Å². The van der Waals surface area contributed by atoms with Gasteiger partial charge in [0.15, 0.2) is 0 Å². The number of nitrogens with one attached hydrogen (secondary N) is 2. The fourth-order valence-corrected chi connectivity index (χ4v) is 3.69. The van der Waals surface area contributed by atoms with Gasteiger partial charge in [-0.05, 0) is 41.8 Å². The van der Waals surface area contributed by atoms with Crippen molar-refractivity contribution in [1.29, 1.82) is 0 Å². The van der Waals surface area contributed by atoms with Gasteiger partial charge in [0.1, 0.15) is 0 Å². The number of carbonyl (C=O) groups is 2. The van der Waals surface area contributed by atoms with Crippen molar-refractivity contribution in [2.45, 2.75) is 25.2 Å². The molecule has 28 heavy (non-hydrogen) atoms. The van der Waals surface area contributed by atoms with E-state index >= 15 is 0 Å². The fourth-order valence-electron chi connectivity index (χ4n) is 3.69. The first-order valence-electron chi connectivity index (χ1n) is 9.46. The third-order valence-corrected chi connectivity index (χ3v) is 5.25. The van der Waals surface area contributed by atoms with Gasteiger partial charge >= 0.3 is 0 Å². The van der Waals surface area contributed by atoms with Crippen LogP contribution in [0.5, 0.6) is 0 Å². The van der Waals surface area contributed by atoms with E-state index in [1.807, 2.05) is 61.5 Å². The third kappa shape index (κ3) is 3.67. The van der Waals surface area contributed by atoms with E-state index in [9.17, 15) is 9.59 Å². The second-order valence-electron chi connectivity index (χ2n) is 7.14. The maximum absolute atomic E-state index is 12.8. The lowest BCUT2D eigenvalue weighted by atomic mass is 9.88. The highest BCUT2D eigenvalue weighted by Gasteiger charge is 2.26. The minimum atomic E-state index is -0.201. The average Bonchev–Trinajstić information content (AvgIpc) is 3.01. The molecule has 140 valence electrons. The molecule has 0 bridgehead atoms. The topological polar surface area (TPSA) is 58.2 Å². The van der Waals surface area contributed by atoms with E-state index in [2.05, 4.69) is 34.9 Å². The lowest BCUT2D eigenvalue weighted by Gasteiger charge is -2.18. The van der Waals surface area contributed by atoms with Crippen molar-refractivity contribution >= 4 is 23.2 Å². The lowest BCUT2D eigenvalue weighted by molar-refractivity contribution is -0.117. The van der Waals surface area contributed by atoms with E-state index in [1.54, 1.807) is 0 Å². The highest BCUT2D eigenvalue weighted by atomic mass is 16.2. The Kier molecular flexibility index (Phi) is 4.94. The quantitative estimate of drug-likeness (QED) is 0.671. The van der Waals surface area contributed by atoms with Crippen molar-refractivity contribution in [2.24, 2.45) is 0 Å². The Morgan fingerprint density at radius 3 is 2.18 bits per heavy atom. The first kappa shape index (κ1) is 18.0. The number of hydrogen-bond donors (Lipinski definition) is 2. The van der Waals surface area contributed by atoms with Crippen LogP contribution in [0.1, 0.15) is 41.9 Å². The normalized spacial score (nSPS) is 15.2. The van der Waals surface area contributed by atoms with Crippen molar-refractivity contribution in [1.82, 2.24) is 0 Å². The summed E-state index contributed by atoms with van der Waals surface area (Å²) < 4.78 is 0. The molecule has 4 rings (SSSR count). The van der Waals surface area contributed by atoms with Gasteiger partial charge in [-0.15, -0.1) is 0 Å². The van der Waals surface area contributed by atoms with Crippen molar-refractivity contribution in [2.75, 3.05) is 10.6 Å². The summed E-state index contributed by atoms with van der Waals surface area (Å²) in [5.74, 6) is -0.276. The first-order valence-corrected chi connectivity index (χ1v) is 9.46.